The van der Waals surface area contributed by atoms with Gasteiger partial charge in [0.05, 0.1) is 10.2 Å². The number of aromatic nitrogens is 1. The second-order valence-corrected chi connectivity index (χ2v) is 6.84. The van der Waals surface area contributed by atoms with Crippen molar-refractivity contribution >= 4 is 44.2 Å². The van der Waals surface area contributed by atoms with E-state index in [0.29, 0.717) is 16.6 Å². The van der Waals surface area contributed by atoms with Crippen molar-refractivity contribution in [2.45, 2.75) is 38.5 Å². The molecule has 20 heavy (non-hydrogen) atoms. The maximum Gasteiger partial charge on any atom is 0.226 e. The van der Waals surface area contributed by atoms with Crippen molar-refractivity contribution in [1.29, 1.82) is 0 Å². The second-order valence-electron chi connectivity index (χ2n) is 5.37. The zero-order chi connectivity index (χ0) is 13.9. The molecule has 1 aliphatic carbocycles. The zero-order valence-corrected chi connectivity index (χ0v) is 12.8. The molecule has 1 aromatic carbocycles. The Kier molecular flexibility index (Phi) is 4.22. The first kappa shape index (κ1) is 13.8. The van der Waals surface area contributed by atoms with Crippen LogP contribution in [0.1, 0.15) is 38.5 Å². The van der Waals surface area contributed by atoms with Crippen molar-refractivity contribution in [2.24, 2.45) is 5.92 Å². The number of fused-ring (bicyclic) bond motifs is 1. The highest BCUT2D eigenvalue weighted by molar-refractivity contribution is 7.22. The molecule has 0 saturated heterocycles. The van der Waals surface area contributed by atoms with E-state index in [0.717, 1.165) is 22.6 Å². The number of halogens is 1. The second kappa shape index (κ2) is 6.10. The molecule has 106 valence electrons. The predicted octanol–water partition coefficient (Wildman–Crippen LogP) is 4.86. The molecule has 1 saturated carbocycles. The van der Waals surface area contributed by atoms with Gasteiger partial charge in [0.25, 0.3) is 0 Å². The molecule has 2 aromatic rings. The summed E-state index contributed by atoms with van der Waals surface area (Å²) in [5, 5.41) is 4.26. The van der Waals surface area contributed by atoms with Gasteiger partial charge in [-0.2, -0.15) is 0 Å². The summed E-state index contributed by atoms with van der Waals surface area (Å²) in [6.07, 6.45) is 6.82. The Bertz CT molecular complexity index is 619. The number of nitrogens with zero attached hydrogens (tertiary/aromatic N) is 1. The highest BCUT2D eigenvalue weighted by atomic mass is 35.5. The predicted molar refractivity (Wildman–Crippen MR) is 84.5 cm³/mol. The lowest BCUT2D eigenvalue weighted by molar-refractivity contribution is -0.116. The van der Waals surface area contributed by atoms with Crippen LogP contribution in [0.25, 0.3) is 10.2 Å². The molecule has 3 rings (SSSR count). The van der Waals surface area contributed by atoms with E-state index in [9.17, 15) is 4.79 Å². The summed E-state index contributed by atoms with van der Waals surface area (Å²) in [5.41, 5.74) is 0.880. The number of hydrogen-bond donors (Lipinski definition) is 1. The van der Waals surface area contributed by atoms with Crippen LogP contribution in [0, 0.1) is 5.92 Å². The molecule has 5 heteroatoms. The topological polar surface area (TPSA) is 42.0 Å². The smallest absolute Gasteiger partial charge is 0.226 e. The van der Waals surface area contributed by atoms with E-state index < -0.39 is 0 Å². The van der Waals surface area contributed by atoms with Gasteiger partial charge in [0.15, 0.2) is 5.13 Å². The SMILES string of the molecule is O=C(CCC1CCCC1)Nc1nc2ccc(Cl)cc2s1. The zero-order valence-electron chi connectivity index (χ0n) is 11.2. The lowest BCUT2D eigenvalue weighted by Gasteiger charge is -2.07. The molecule has 0 spiro atoms. The summed E-state index contributed by atoms with van der Waals surface area (Å²) in [7, 11) is 0. The summed E-state index contributed by atoms with van der Waals surface area (Å²) in [6.45, 7) is 0. The highest BCUT2D eigenvalue weighted by Gasteiger charge is 2.16. The van der Waals surface area contributed by atoms with Gasteiger partial charge in [-0.05, 0) is 30.5 Å². The highest BCUT2D eigenvalue weighted by Crippen LogP contribution is 2.30. The Morgan fingerprint density at radius 1 is 1.40 bits per heavy atom. The van der Waals surface area contributed by atoms with Crippen molar-refractivity contribution < 1.29 is 4.79 Å². The lowest BCUT2D eigenvalue weighted by Crippen LogP contribution is -2.12. The van der Waals surface area contributed by atoms with Crippen LogP contribution >= 0.6 is 22.9 Å². The Hall–Kier alpha value is -1.13. The van der Waals surface area contributed by atoms with E-state index in [-0.39, 0.29) is 5.91 Å². The van der Waals surface area contributed by atoms with Gasteiger partial charge in [0, 0.05) is 11.4 Å². The normalized spacial score (nSPS) is 15.8. The van der Waals surface area contributed by atoms with Crippen molar-refractivity contribution in [2.75, 3.05) is 5.32 Å². The first-order chi connectivity index (χ1) is 9.70. The fourth-order valence-electron chi connectivity index (χ4n) is 2.77. The molecule has 0 radical (unpaired) electrons. The maximum atomic E-state index is 11.9. The number of amides is 1. The molecule has 1 amide bonds. The van der Waals surface area contributed by atoms with E-state index in [4.69, 9.17) is 11.6 Å². The molecular weight excluding hydrogens is 292 g/mol. The molecule has 3 nitrogen and oxygen atoms in total. The molecule has 0 bridgehead atoms. The van der Waals surface area contributed by atoms with E-state index in [1.165, 1.54) is 37.0 Å². The Balaban J connectivity index is 1.59. The first-order valence-corrected chi connectivity index (χ1v) is 8.26. The minimum absolute atomic E-state index is 0.0713. The number of thiazole rings is 1. The van der Waals surface area contributed by atoms with Gasteiger partial charge in [-0.25, -0.2) is 4.98 Å². The number of benzene rings is 1. The summed E-state index contributed by atoms with van der Waals surface area (Å²) in [6, 6.07) is 5.57. The van der Waals surface area contributed by atoms with Crippen LogP contribution in [0.3, 0.4) is 0 Å². The molecular formula is C15H17ClN2OS. The third kappa shape index (κ3) is 3.30. The van der Waals surface area contributed by atoms with Gasteiger partial charge in [0.2, 0.25) is 5.91 Å². The van der Waals surface area contributed by atoms with Crippen molar-refractivity contribution in [3.05, 3.63) is 23.2 Å². The Morgan fingerprint density at radius 2 is 2.20 bits per heavy atom. The van der Waals surface area contributed by atoms with E-state index in [1.807, 2.05) is 18.2 Å². The van der Waals surface area contributed by atoms with Gasteiger partial charge in [-0.1, -0.05) is 48.6 Å². The van der Waals surface area contributed by atoms with Gasteiger partial charge >= 0.3 is 0 Å². The molecule has 0 unspecified atom stereocenters. The Morgan fingerprint density at radius 3 is 3.00 bits per heavy atom. The number of anilines is 1. The van der Waals surface area contributed by atoms with E-state index in [2.05, 4.69) is 10.3 Å². The number of carbonyl (C=O) groups excluding carboxylic acids is 1. The summed E-state index contributed by atoms with van der Waals surface area (Å²) < 4.78 is 1.00. The molecule has 0 atom stereocenters. The van der Waals surface area contributed by atoms with Crippen LogP contribution in [-0.4, -0.2) is 10.9 Å². The van der Waals surface area contributed by atoms with Crippen molar-refractivity contribution in [3.8, 4) is 0 Å². The van der Waals surface area contributed by atoms with Crippen LogP contribution in [0.2, 0.25) is 5.02 Å². The van der Waals surface area contributed by atoms with Crippen molar-refractivity contribution in [3.63, 3.8) is 0 Å². The van der Waals surface area contributed by atoms with Crippen LogP contribution in [-0.2, 0) is 4.79 Å². The quantitative estimate of drug-likeness (QED) is 0.876. The molecule has 1 N–H and O–H groups in total. The van der Waals surface area contributed by atoms with Crippen molar-refractivity contribution in [1.82, 2.24) is 4.98 Å². The first-order valence-electron chi connectivity index (χ1n) is 7.06. The van der Waals surface area contributed by atoms with Gasteiger partial charge in [-0.3, -0.25) is 4.79 Å². The third-order valence-corrected chi connectivity index (χ3v) is 5.02. The molecule has 0 aliphatic heterocycles. The molecule has 1 heterocycles. The molecule has 1 aromatic heterocycles. The summed E-state index contributed by atoms with van der Waals surface area (Å²) in [4.78, 5) is 16.3. The fraction of sp³-hybridized carbons (Fsp3) is 0.467. The van der Waals surface area contributed by atoms with Crippen LogP contribution in [0.4, 0.5) is 5.13 Å². The summed E-state index contributed by atoms with van der Waals surface area (Å²) in [5.74, 6) is 0.817. The van der Waals surface area contributed by atoms with E-state index in [1.54, 1.807) is 0 Å². The summed E-state index contributed by atoms with van der Waals surface area (Å²) >= 11 is 7.42. The minimum Gasteiger partial charge on any atom is -0.302 e. The monoisotopic (exact) mass is 308 g/mol. The average molecular weight is 309 g/mol. The maximum absolute atomic E-state index is 11.9. The number of nitrogens with one attached hydrogen (secondary N) is 1. The van der Waals surface area contributed by atoms with E-state index >= 15 is 0 Å². The van der Waals surface area contributed by atoms with Gasteiger partial charge in [0.1, 0.15) is 0 Å². The largest absolute Gasteiger partial charge is 0.302 e. The molecule has 1 aliphatic rings. The average Bonchev–Trinajstić information content (AvgIpc) is 3.04. The number of rotatable bonds is 4. The van der Waals surface area contributed by atoms with Crippen LogP contribution in [0.15, 0.2) is 18.2 Å². The number of carbonyl (C=O) groups is 1. The Labute approximate surface area is 127 Å². The number of hydrogen-bond acceptors (Lipinski definition) is 3. The minimum atomic E-state index is 0.0713. The van der Waals surface area contributed by atoms with Gasteiger partial charge < -0.3 is 5.32 Å². The van der Waals surface area contributed by atoms with Crippen LogP contribution in [0.5, 0.6) is 0 Å². The fourth-order valence-corrected chi connectivity index (χ4v) is 3.93. The van der Waals surface area contributed by atoms with Crippen LogP contribution < -0.4 is 5.32 Å². The van der Waals surface area contributed by atoms with Gasteiger partial charge in [-0.15, -0.1) is 0 Å². The molecule has 1 fully saturated rings. The standard InChI is InChI=1S/C15H17ClN2OS/c16-11-6-7-12-13(9-11)20-15(17-12)18-14(19)8-5-10-3-1-2-4-10/h6-7,9-10H,1-5,8H2,(H,17,18,19). The lowest BCUT2D eigenvalue weighted by atomic mass is 10.0. The third-order valence-electron chi connectivity index (χ3n) is 3.85.